The second-order valence-corrected chi connectivity index (χ2v) is 4.37. The molecule has 5 heteroatoms. The molecular weight excluding hydrogens is 242 g/mol. The number of hydrogen-bond acceptors (Lipinski definition) is 4. The number of nitrogens with zero attached hydrogens (tertiary/aromatic N) is 3. The summed E-state index contributed by atoms with van der Waals surface area (Å²) in [5.41, 5.74) is 2.25. The third-order valence-electron chi connectivity index (χ3n) is 3.15. The van der Waals surface area contributed by atoms with E-state index in [1.807, 2.05) is 31.3 Å². The van der Waals surface area contributed by atoms with Crippen LogP contribution in [0.5, 0.6) is 5.75 Å². The van der Waals surface area contributed by atoms with Crippen molar-refractivity contribution < 1.29 is 9.53 Å². The fourth-order valence-electron chi connectivity index (χ4n) is 2.19. The number of benzene rings is 1. The normalized spacial score (nSPS) is 12.1. The van der Waals surface area contributed by atoms with Crippen LogP contribution in [0.25, 0.3) is 0 Å². The number of hydrogen-bond donors (Lipinski definition) is 0. The lowest BCUT2D eigenvalue weighted by atomic mass is 9.97. The van der Waals surface area contributed by atoms with Gasteiger partial charge in [0.1, 0.15) is 12.0 Å². The summed E-state index contributed by atoms with van der Waals surface area (Å²) in [5.74, 6) is 0.828. The number of ether oxygens (including phenoxy) is 1. The molecule has 100 valence electrons. The first kappa shape index (κ1) is 13.3. The number of methoxy groups -OCH3 is 1. The summed E-state index contributed by atoms with van der Waals surface area (Å²) in [7, 11) is 1.65. The molecule has 0 aliphatic rings. The third kappa shape index (κ3) is 2.99. The number of carbonyl (C=O) groups excluding carboxylic acids is 1. The SMILES string of the molecule is COc1ccc(C(CCC=O)n2ccnn2)c(C)c1. The van der Waals surface area contributed by atoms with Crippen LogP contribution in [0.15, 0.2) is 30.6 Å². The molecule has 0 aliphatic heterocycles. The van der Waals surface area contributed by atoms with Gasteiger partial charge in [-0.25, -0.2) is 4.68 Å². The molecule has 19 heavy (non-hydrogen) atoms. The highest BCUT2D eigenvalue weighted by molar-refractivity contribution is 5.49. The smallest absolute Gasteiger partial charge is 0.120 e. The predicted octanol–water partition coefficient (Wildman–Crippen LogP) is 2.16. The van der Waals surface area contributed by atoms with E-state index in [-0.39, 0.29) is 6.04 Å². The molecular formula is C14H17N3O2. The number of aromatic nitrogens is 3. The van der Waals surface area contributed by atoms with Crippen LogP contribution in [-0.4, -0.2) is 28.4 Å². The van der Waals surface area contributed by atoms with Gasteiger partial charge in [-0.3, -0.25) is 0 Å². The van der Waals surface area contributed by atoms with E-state index in [0.717, 1.165) is 23.2 Å². The summed E-state index contributed by atoms with van der Waals surface area (Å²) in [4.78, 5) is 10.6. The van der Waals surface area contributed by atoms with E-state index < -0.39 is 0 Å². The van der Waals surface area contributed by atoms with Crippen molar-refractivity contribution in [3.63, 3.8) is 0 Å². The van der Waals surface area contributed by atoms with E-state index in [2.05, 4.69) is 10.3 Å². The summed E-state index contributed by atoms with van der Waals surface area (Å²) in [6, 6.07) is 5.96. The van der Waals surface area contributed by atoms with Crippen molar-refractivity contribution in [2.24, 2.45) is 0 Å². The molecule has 2 aromatic rings. The Hall–Kier alpha value is -2.17. The molecule has 2 rings (SSSR count). The Bertz CT molecular complexity index is 538. The standard InChI is InChI=1S/C14H17N3O2/c1-11-10-12(19-2)5-6-13(11)14(4-3-9-18)17-8-7-15-16-17/h5-10,14H,3-4H2,1-2H3. The minimum atomic E-state index is 0.0265. The topological polar surface area (TPSA) is 57.0 Å². The first-order chi connectivity index (χ1) is 9.26. The lowest BCUT2D eigenvalue weighted by molar-refractivity contribution is -0.108. The zero-order chi connectivity index (χ0) is 13.7. The van der Waals surface area contributed by atoms with Gasteiger partial charge in [0, 0.05) is 12.6 Å². The van der Waals surface area contributed by atoms with Crippen LogP contribution in [0, 0.1) is 6.92 Å². The quantitative estimate of drug-likeness (QED) is 0.746. The first-order valence-corrected chi connectivity index (χ1v) is 6.20. The molecule has 0 amide bonds. The summed E-state index contributed by atoms with van der Waals surface area (Å²) >= 11 is 0. The lowest BCUT2D eigenvalue weighted by Gasteiger charge is -2.19. The number of carbonyl (C=O) groups is 1. The average Bonchev–Trinajstić information content (AvgIpc) is 2.94. The molecule has 0 spiro atoms. The van der Waals surface area contributed by atoms with E-state index >= 15 is 0 Å². The Balaban J connectivity index is 2.35. The van der Waals surface area contributed by atoms with Crippen molar-refractivity contribution in [3.05, 3.63) is 41.7 Å². The van der Waals surface area contributed by atoms with Gasteiger partial charge < -0.3 is 9.53 Å². The molecule has 0 fully saturated rings. The van der Waals surface area contributed by atoms with Crippen molar-refractivity contribution >= 4 is 6.29 Å². The van der Waals surface area contributed by atoms with Crippen molar-refractivity contribution in [1.29, 1.82) is 0 Å². The molecule has 1 aromatic carbocycles. The van der Waals surface area contributed by atoms with Crippen LogP contribution in [-0.2, 0) is 4.79 Å². The maximum Gasteiger partial charge on any atom is 0.120 e. The monoisotopic (exact) mass is 259 g/mol. The van der Waals surface area contributed by atoms with Gasteiger partial charge in [-0.05, 0) is 36.6 Å². The zero-order valence-corrected chi connectivity index (χ0v) is 11.1. The number of aldehydes is 1. The fraction of sp³-hybridized carbons (Fsp3) is 0.357. The Kier molecular flexibility index (Phi) is 4.28. The lowest BCUT2D eigenvalue weighted by Crippen LogP contribution is -2.13. The molecule has 0 radical (unpaired) electrons. The van der Waals surface area contributed by atoms with Gasteiger partial charge in [0.15, 0.2) is 0 Å². The molecule has 1 unspecified atom stereocenters. The van der Waals surface area contributed by atoms with Crippen molar-refractivity contribution in [3.8, 4) is 5.75 Å². The Morgan fingerprint density at radius 2 is 2.32 bits per heavy atom. The highest BCUT2D eigenvalue weighted by atomic mass is 16.5. The van der Waals surface area contributed by atoms with Gasteiger partial charge in [-0.15, -0.1) is 5.10 Å². The largest absolute Gasteiger partial charge is 0.497 e. The predicted molar refractivity (Wildman–Crippen MR) is 71.2 cm³/mol. The molecule has 1 atom stereocenters. The summed E-state index contributed by atoms with van der Waals surface area (Å²) in [6.07, 6.45) is 5.60. The Morgan fingerprint density at radius 1 is 1.47 bits per heavy atom. The van der Waals surface area contributed by atoms with E-state index in [1.165, 1.54) is 0 Å². The van der Waals surface area contributed by atoms with Gasteiger partial charge in [-0.2, -0.15) is 0 Å². The fourth-order valence-corrected chi connectivity index (χ4v) is 2.19. The summed E-state index contributed by atoms with van der Waals surface area (Å²) < 4.78 is 7.00. The summed E-state index contributed by atoms with van der Waals surface area (Å²) in [6.45, 7) is 2.03. The van der Waals surface area contributed by atoms with Crippen molar-refractivity contribution in [2.75, 3.05) is 7.11 Å². The molecule has 0 saturated heterocycles. The average molecular weight is 259 g/mol. The first-order valence-electron chi connectivity index (χ1n) is 6.20. The van der Waals surface area contributed by atoms with Crippen LogP contribution >= 0.6 is 0 Å². The molecule has 0 bridgehead atoms. The Labute approximate surface area is 112 Å². The van der Waals surface area contributed by atoms with Crippen LogP contribution in [0.4, 0.5) is 0 Å². The van der Waals surface area contributed by atoms with E-state index in [1.54, 1.807) is 18.0 Å². The van der Waals surface area contributed by atoms with Gasteiger partial charge in [0.25, 0.3) is 0 Å². The molecule has 5 nitrogen and oxygen atoms in total. The summed E-state index contributed by atoms with van der Waals surface area (Å²) in [5, 5.41) is 7.89. The van der Waals surface area contributed by atoms with Gasteiger partial charge in [-0.1, -0.05) is 11.3 Å². The molecule has 1 aromatic heterocycles. The maximum absolute atomic E-state index is 10.6. The van der Waals surface area contributed by atoms with Gasteiger partial charge in [0.05, 0.1) is 19.3 Å². The maximum atomic E-state index is 10.6. The molecule has 1 heterocycles. The van der Waals surface area contributed by atoms with Crippen molar-refractivity contribution in [2.45, 2.75) is 25.8 Å². The highest BCUT2D eigenvalue weighted by Crippen LogP contribution is 2.27. The number of rotatable bonds is 6. The van der Waals surface area contributed by atoms with Crippen LogP contribution in [0.2, 0.25) is 0 Å². The van der Waals surface area contributed by atoms with Gasteiger partial charge >= 0.3 is 0 Å². The minimum absolute atomic E-state index is 0.0265. The highest BCUT2D eigenvalue weighted by Gasteiger charge is 2.16. The molecule has 0 saturated carbocycles. The minimum Gasteiger partial charge on any atom is -0.497 e. The van der Waals surface area contributed by atoms with Crippen LogP contribution in [0.3, 0.4) is 0 Å². The second kappa shape index (κ2) is 6.13. The zero-order valence-electron chi connectivity index (χ0n) is 11.1. The third-order valence-corrected chi connectivity index (χ3v) is 3.15. The van der Waals surface area contributed by atoms with Crippen molar-refractivity contribution in [1.82, 2.24) is 15.0 Å². The van der Waals surface area contributed by atoms with E-state index in [4.69, 9.17) is 4.74 Å². The van der Waals surface area contributed by atoms with Crippen LogP contribution < -0.4 is 4.74 Å². The molecule has 0 aliphatic carbocycles. The second-order valence-electron chi connectivity index (χ2n) is 4.37. The number of aryl methyl sites for hydroxylation is 1. The van der Waals surface area contributed by atoms with E-state index in [9.17, 15) is 4.79 Å². The molecule has 0 N–H and O–H groups in total. The Morgan fingerprint density at radius 3 is 2.89 bits per heavy atom. The van der Waals surface area contributed by atoms with Gasteiger partial charge in [0.2, 0.25) is 0 Å². The van der Waals surface area contributed by atoms with E-state index in [0.29, 0.717) is 12.8 Å². The van der Waals surface area contributed by atoms with Crippen LogP contribution in [0.1, 0.15) is 30.0 Å².